The summed E-state index contributed by atoms with van der Waals surface area (Å²) in [7, 11) is 1.40. The average Bonchev–Trinajstić information content (AvgIpc) is 3.82. The molecule has 1 aromatic heterocycles. The van der Waals surface area contributed by atoms with Crippen molar-refractivity contribution in [2.24, 2.45) is 5.92 Å². The minimum absolute atomic E-state index is 0.0423. The van der Waals surface area contributed by atoms with Crippen molar-refractivity contribution in [1.29, 1.82) is 0 Å². The van der Waals surface area contributed by atoms with E-state index in [1.54, 1.807) is 12.3 Å². The van der Waals surface area contributed by atoms with Crippen molar-refractivity contribution in [1.82, 2.24) is 15.2 Å². The summed E-state index contributed by atoms with van der Waals surface area (Å²) in [5, 5.41) is 3.24. The lowest BCUT2D eigenvalue weighted by molar-refractivity contribution is -0.122. The maximum atomic E-state index is 13.1. The number of benzene rings is 3. The summed E-state index contributed by atoms with van der Waals surface area (Å²) in [6, 6.07) is 26.3. The molecule has 0 spiro atoms. The Morgan fingerprint density at radius 1 is 1.00 bits per heavy atom. The molecule has 6 heteroatoms. The van der Waals surface area contributed by atoms with E-state index in [0.29, 0.717) is 18.0 Å². The molecule has 1 aliphatic carbocycles. The molecular weight excluding hydrogens is 498 g/mol. The number of pyridine rings is 1. The number of carbonyl (C=O) groups is 2. The van der Waals surface area contributed by atoms with Crippen LogP contribution in [0, 0.1) is 5.92 Å². The lowest BCUT2D eigenvalue weighted by atomic mass is 9.87. The zero-order valence-corrected chi connectivity index (χ0v) is 22.7. The standard InChI is InChI=1S/C34H33N3O3/c1-40-34(39)26-11-5-10-25(17-26)28-13-12-27(20-36-33(38)31-18-30(31)24-8-3-2-4-9-24)32-22-37(16-14-29(28)32)21-23-7-6-15-35-19-23/h2-13,15,17,19,30-31H,14,16,18,20-22H2,1H3,(H,36,38)/t30-,31-/m0/s1. The molecule has 1 saturated carbocycles. The monoisotopic (exact) mass is 531 g/mol. The lowest BCUT2D eigenvalue weighted by Crippen LogP contribution is -2.32. The van der Waals surface area contributed by atoms with Crippen molar-refractivity contribution in [3.63, 3.8) is 0 Å². The van der Waals surface area contributed by atoms with Gasteiger partial charge in [-0.2, -0.15) is 0 Å². The van der Waals surface area contributed by atoms with E-state index in [-0.39, 0.29) is 17.8 Å². The second kappa shape index (κ2) is 11.4. The fourth-order valence-electron chi connectivity index (χ4n) is 5.92. The van der Waals surface area contributed by atoms with E-state index in [2.05, 4.69) is 45.5 Å². The van der Waals surface area contributed by atoms with Gasteiger partial charge in [0.25, 0.3) is 0 Å². The summed E-state index contributed by atoms with van der Waals surface area (Å²) in [4.78, 5) is 32.0. The third kappa shape index (κ3) is 5.54. The van der Waals surface area contributed by atoms with Crippen LogP contribution < -0.4 is 5.32 Å². The number of hydrogen-bond donors (Lipinski definition) is 1. The van der Waals surface area contributed by atoms with Crippen molar-refractivity contribution in [2.45, 2.75) is 38.4 Å². The van der Waals surface area contributed by atoms with Crippen molar-refractivity contribution < 1.29 is 14.3 Å². The number of aromatic nitrogens is 1. The quantitative estimate of drug-likeness (QED) is 0.304. The number of amides is 1. The molecule has 2 aliphatic rings. The van der Waals surface area contributed by atoms with Gasteiger partial charge in [-0.05, 0) is 75.9 Å². The van der Waals surface area contributed by atoms with Crippen LogP contribution in [0.2, 0.25) is 0 Å². The summed E-state index contributed by atoms with van der Waals surface area (Å²) in [5.74, 6) is 0.141. The number of nitrogens with one attached hydrogen (secondary N) is 1. The van der Waals surface area contributed by atoms with Crippen molar-refractivity contribution in [2.75, 3.05) is 13.7 Å². The summed E-state index contributed by atoms with van der Waals surface area (Å²) in [6.07, 6.45) is 5.51. The van der Waals surface area contributed by atoms with Crippen LogP contribution in [0.25, 0.3) is 11.1 Å². The molecule has 40 heavy (non-hydrogen) atoms. The predicted octanol–water partition coefficient (Wildman–Crippen LogP) is 5.51. The van der Waals surface area contributed by atoms with Crippen LogP contribution in [0.1, 0.15) is 50.5 Å². The highest BCUT2D eigenvalue weighted by molar-refractivity contribution is 5.91. The number of carbonyl (C=O) groups excluding carboxylic acids is 2. The normalized spacial score (nSPS) is 18.0. The van der Waals surface area contributed by atoms with Gasteiger partial charge in [-0.15, -0.1) is 0 Å². The first kappa shape index (κ1) is 26.0. The van der Waals surface area contributed by atoms with Crippen LogP contribution >= 0.6 is 0 Å². The van der Waals surface area contributed by atoms with Gasteiger partial charge in [0.05, 0.1) is 12.7 Å². The van der Waals surface area contributed by atoms with Crippen LogP contribution in [0.5, 0.6) is 0 Å². The Balaban J connectivity index is 1.25. The van der Waals surface area contributed by atoms with Crippen LogP contribution in [-0.2, 0) is 35.6 Å². The molecule has 1 fully saturated rings. The smallest absolute Gasteiger partial charge is 0.337 e. The van der Waals surface area contributed by atoms with Crippen LogP contribution in [-0.4, -0.2) is 35.4 Å². The molecule has 0 saturated heterocycles. The van der Waals surface area contributed by atoms with Gasteiger partial charge < -0.3 is 10.1 Å². The van der Waals surface area contributed by atoms with E-state index < -0.39 is 0 Å². The molecule has 6 nitrogen and oxygen atoms in total. The Hall–Kier alpha value is -4.29. The third-order valence-electron chi connectivity index (χ3n) is 8.12. The highest BCUT2D eigenvalue weighted by atomic mass is 16.5. The van der Waals surface area contributed by atoms with Crippen molar-refractivity contribution in [3.05, 3.63) is 125 Å². The molecule has 2 heterocycles. The Morgan fingerprint density at radius 3 is 2.67 bits per heavy atom. The third-order valence-corrected chi connectivity index (χ3v) is 8.12. The molecule has 1 amide bonds. The minimum atomic E-state index is -0.341. The van der Waals surface area contributed by atoms with E-state index in [1.807, 2.05) is 48.7 Å². The molecule has 0 bridgehead atoms. The molecule has 202 valence electrons. The summed E-state index contributed by atoms with van der Waals surface area (Å²) in [5.41, 5.74) is 8.77. The first-order valence-corrected chi connectivity index (χ1v) is 13.9. The topological polar surface area (TPSA) is 71.5 Å². The van der Waals surface area contributed by atoms with E-state index in [9.17, 15) is 9.59 Å². The van der Waals surface area contributed by atoms with E-state index >= 15 is 0 Å². The molecule has 3 aromatic carbocycles. The molecular formula is C34H33N3O3. The molecule has 2 atom stereocenters. The van der Waals surface area contributed by atoms with Gasteiger partial charge in [0.2, 0.25) is 5.91 Å². The largest absolute Gasteiger partial charge is 0.465 e. The summed E-state index contributed by atoms with van der Waals surface area (Å²) < 4.78 is 4.95. The van der Waals surface area contributed by atoms with Crippen LogP contribution in [0.3, 0.4) is 0 Å². The summed E-state index contributed by atoms with van der Waals surface area (Å²) in [6.45, 7) is 3.03. The fraction of sp³-hybridized carbons (Fsp3) is 0.265. The van der Waals surface area contributed by atoms with Gasteiger partial charge in [0.15, 0.2) is 0 Å². The number of nitrogens with zero attached hydrogens (tertiary/aromatic N) is 2. The average molecular weight is 532 g/mol. The van der Waals surface area contributed by atoms with Crippen molar-refractivity contribution in [3.8, 4) is 11.1 Å². The molecule has 1 aliphatic heterocycles. The first-order valence-electron chi connectivity index (χ1n) is 13.9. The Bertz CT molecular complexity index is 1520. The molecule has 4 aromatic rings. The first-order chi connectivity index (χ1) is 19.6. The van der Waals surface area contributed by atoms with Gasteiger partial charge in [-0.1, -0.05) is 60.7 Å². The highest BCUT2D eigenvalue weighted by Crippen LogP contribution is 2.47. The Labute approximate surface area is 235 Å². The summed E-state index contributed by atoms with van der Waals surface area (Å²) >= 11 is 0. The SMILES string of the molecule is COC(=O)c1cccc(-c2ccc(CNC(=O)[C@H]3C[C@H]3c3ccccc3)c3c2CCN(Cc2cccnc2)C3)c1. The van der Waals surface area contributed by atoms with Gasteiger partial charge in [-0.25, -0.2) is 4.79 Å². The molecule has 0 unspecified atom stereocenters. The van der Waals surface area contributed by atoms with E-state index in [4.69, 9.17) is 4.74 Å². The number of methoxy groups -OCH3 is 1. The van der Waals surface area contributed by atoms with Gasteiger partial charge in [-0.3, -0.25) is 14.7 Å². The van der Waals surface area contributed by atoms with Gasteiger partial charge >= 0.3 is 5.97 Å². The minimum Gasteiger partial charge on any atom is -0.465 e. The highest BCUT2D eigenvalue weighted by Gasteiger charge is 2.43. The van der Waals surface area contributed by atoms with E-state index in [1.165, 1.54) is 29.4 Å². The van der Waals surface area contributed by atoms with Gasteiger partial charge in [0, 0.05) is 44.5 Å². The number of rotatable bonds is 8. The maximum absolute atomic E-state index is 13.1. The molecule has 1 N–H and O–H groups in total. The number of fused-ring (bicyclic) bond motifs is 1. The van der Waals surface area contributed by atoms with Gasteiger partial charge in [0.1, 0.15) is 0 Å². The van der Waals surface area contributed by atoms with Crippen molar-refractivity contribution >= 4 is 11.9 Å². The fourth-order valence-corrected chi connectivity index (χ4v) is 5.92. The zero-order valence-electron chi connectivity index (χ0n) is 22.7. The molecule has 0 radical (unpaired) electrons. The number of ether oxygens (including phenoxy) is 1. The second-order valence-electron chi connectivity index (χ2n) is 10.7. The number of hydrogen-bond acceptors (Lipinski definition) is 5. The second-order valence-corrected chi connectivity index (χ2v) is 10.7. The Morgan fingerprint density at radius 2 is 1.88 bits per heavy atom. The maximum Gasteiger partial charge on any atom is 0.337 e. The van der Waals surface area contributed by atoms with E-state index in [0.717, 1.165) is 49.2 Å². The Kier molecular flexibility index (Phi) is 7.43. The zero-order chi connectivity index (χ0) is 27.5. The van der Waals surface area contributed by atoms with Crippen LogP contribution in [0.15, 0.2) is 91.3 Å². The predicted molar refractivity (Wildman–Crippen MR) is 154 cm³/mol. The van der Waals surface area contributed by atoms with Crippen LogP contribution in [0.4, 0.5) is 0 Å². The molecule has 6 rings (SSSR count). The number of esters is 1. The lowest BCUT2D eigenvalue weighted by Gasteiger charge is -2.32.